The van der Waals surface area contributed by atoms with E-state index in [0.717, 1.165) is 27.7 Å². The highest BCUT2D eigenvalue weighted by molar-refractivity contribution is 6.17. The molecule has 4 rings (SSSR count). The number of aromatic nitrogens is 1. The molecule has 0 atom stereocenters. The lowest BCUT2D eigenvalue weighted by Gasteiger charge is -2.07. The van der Waals surface area contributed by atoms with Crippen LogP contribution in [-0.2, 0) is 4.74 Å². The van der Waals surface area contributed by atoms with Crippen molar-refractivity contribution in [3.8, 4) is 0 Å². The fourth-order valence-corrected chi connectivity index (χ4v) is 2.24. The zero-order valence-corrected chi connectivity index (χ0v) is 8.00. The van der Waals surface area contributed by atoms with Crippen molar-refractivity contribution in [2.75, 3.05) is 7.11 Å². The number of benzene rings is 1. The SMILES string of the molecule is COC(=O)c1c(C)n2c3cccc2c13. The van der Waals surface area contributed by atoms with Crippen molar-refractivity contribution in [3.05, 3.63) is 29.5 Å². The molecular weight excluding hydrogens is 178 g/mol. The molecule has 3 nitrogen and oxygen atoms in total. The van der Waals surface area contributed by atoms with Gasteiger partial charge in [-0.25, -0.2) is 4.79 Å². The third kappa shape index (κ3) is 0.596. The first kappa shape index (κ1) is 7.62. The van der Waals surface area contributed by atoms with Crippen molar-refractivity contribution < 1.29 is 9.53 Å². The van der Waals surface area contributed by atoms with E-state index in [-0.39, 0.29) is 5.97 Å². The van der Waals surface area contributed by atoms with Crippen LogP contribution in [0.1, 0.15) is 16.1 Å². The number of hydrogen-bond donors (Lipinski definition) is 0. The van der Waals surface area contributed by atoms with E-state index in [1.807, 2.05) is 25.1 Å². The molecule has 4 bridgehead atoms. The molecule has 0 spiro atoms. The molecule has 0 fully saturated rings. The van der Waals surface area contributed by atoms with Gasteiger partial charge in [-0.15, -0.1) is 0 Å². The molecule has 4 aromatic heterocycles. The Morgan fingerprint density at radius 3 is 2.50 bits per heavy atom. The van der Waals surface area contributed by atoms with Crippen LogP contribution in [0, 0.1) is 6.92 Å². The Balaban J connectivity index is 2.42. The number of pyridine rings is 1. The largest absolute Gasteiger partial charge is 0.465 e. The summed E-state index contributed by atoms with van der Waals surface area (Å²) >= 11 is 0. The topological polar surface area (TPSA) is 30.7 Å². The van der Waals surface area contributed by atoms with Crippen LogP contribution in [0.3, 0.4) is 0 Å². The van der Waals surface area contributed by atoms with E-state index in [9.17, 15) is 4.79 Å². The minimum atomic E-state index is -0.240. The van der Waals surface area contributed by atoms with Gasteiger partial charge < -0.3 is 9.14 Å². The van der Waals surface area contributed by atoms with Crippen LogP contribution in [0.4, 0.5) is 0 Å². The smallest absolute Gasteiger partial charge is 0.340 e. The summed E-state index contributed by atoms with van der Waals surface area (Å²) in [4.78, 5) is 11.5. The number of rotatable bonds is 1. The minimum Gasteiger partial charge on any atom is -0.465 e. The van der Waals surface area contributed by atoms with Crippen LogP contribution in [0.25, 0.3) is 16.4 Å². The summed E-state index contributed by atoms with van der Waals surface area (Å²) in [6.45, 7) is 1.94. The Morgan fingerprint density at radius 2 is 2.00 bits per heavy atom. The molecule has 0 amide bonds. The van der Waals surface area contributed by atoms with Crippen molar-refractivity contribution in [1.29, 1.82) is 0 Å². The van der Waals surface area contributed by atoms with Crippen LogP contribution < -0.4 is 0 Å². The van der Waals surface area contributed by atoms with E-state index in [0.29, 0.717) is 0 Å². The predicted octanol–water partition coefficient (Wildman–Crippen LogP) is 2.06. The zero-order valence-electron chi connectivity index (χ0n) is 8.00. The van der Waals surface area contributed by atoms with Gasteiger partial charge in [0.25, 0.3) is 0 Å². The fraction of sp³-hybridized carbons (Fsp3) is 0.182. The molecule has 3 heteroatoms. The van der Waals surface area contributed by atoms with Crippen LogP contribution in [-0.4, -0.2) is 17.5 Å². The van der Waals surface area contributed by atoms with Crippen molar-refractivity contribution >= 4 is 22.4 Å². The molecule has 0 aliphatic heterocycles. The lowest BCUT2D eigenvalue weighted by molar-refractivity contribution is 0.0602. The molecule has 0 N–H and O–H groups in total. The van der Waals surface area contributed by atoms with Gasteiger partial charge in [-0.2, -0.15) is 0 Å². The summed E-state index contributed by atoms with van der Waals surface area (Å²) in [6.07, 6.45) is 0. The second-order valence-corrected chi connectivity index (χ2v) is 3.46. The van der Waals surface area contributed by atoms with Crippen molar-refractivity contribution in [3.63, 3.8) is 0 Å². The van der Waals surface area contributed by atoms with Gasteiger partial charge in [0.2, 0.25) is 0 Å². The number of hydrogen-bond acceptors (Lipinski definition) is 2. The zero-order chi connectivity index (χ0) is 9.87. The maximum Gasteiger partial charge on any atom is 0.340 e. The van der Waals surface area contributed by atoms with Gasteiger partial charge in [-0.1, -0.05) is 6.07 Å². The Morgan fingerprint density at radius 1 is 1.36 bits per heavy atom. The molecule has 0 saturated heterocycles. The number of esters is 1. The summed E-state index contributed by atoms with van der Waals surface area (Å²) in [5.41, 5.74) is 3.95. The van der Waals surface area contributed by atoms with Gasteiger partial charge in [0.1, 0.15) is 0 Å². The normalized spacial score (nSPS) is 11.9. The molecule has 70 valence electrons. The second kappa shape index (κ2) is 2.18. The van der Waals surface area contributed by atoms with Crippen LogP contribution in [0.15, 0.2) is 18.2 Å². The van der Waals surface area contributed by atoms with E-state index < -0.39 is 0 Å². The maximum absolute atomic E-state index is 11.5. The molecule has 0 saturated carbocycles. The molecular formula is C11H9NO2. The summed E-state index contributed by atoms with van der Waals surface area (Å²) in [7, 11) is 1.42. The highest BCUT2D eigenvalue weighted by Crippen LogP contribution is 2.37. The number of methoxy groups -OCH3 is 1. The number of ether oxygens (including phenoxy) is 1. The number of fused-ring (bicyclic) bond motifs is 1. The standard InChI is InChI=1S/C11H9NO2/c1-6-9(11(13)14-2)10-7-4-3-5-8(10)12(6)7/h3-5H,1-2H3. The summed E-state index contributed by atoms with van der Waals surface area (Å²) < 4.78 is 6.84. The number of aryl methyl sites for hydroxylation is 1. The molecule has 0 aliphatic carbocycles. The van der Waals surface area contributed by atoms with E-state index in [1.165, 1.54) is 7.11 Å². The maximum atomic E-state index is 11.5. The van der Waals surface area contributed by atoms with Crippen LogP contribution >= 0.6 is 0 Å². The van der Waals surface area contributed by atoms with Gasteiger partial charge in [-0.05, 0) is 19.1 Å². The minimum absolute atomic E-state index is 0.240. The Hall–Kier alpha value is -1.77. The highest BCUT2D eigenvalue weighted by atomic mass is 16.5. The highest BCUT2D eigenvalue weighted by Gasteiger charge is 2.26. The number of carbonyl (C=O) groups is 1. The average molecular weight is 187 g/mol. The van der Waals surface area contributed by atoms with E-state index >= 15 is 0 Å². The van der Waals surface area contributed by atoms with Gasteiger partial charge >= 0.3 is 5.97 Å². The number of nitrogens with zero attached hydrogens (tertiary/aromatic N) is 1. The van der Waals surface area contributed by atoms with Gasteiger partial charge in [-0.3, -0.25) is 0 Å². The Kier molecular flexibility index (Phi) is 1.18. The lowest BCUT2D eigenvalue weighted by Crippen LogP contribution is -2.00. The lowest BCUT2D eigenvalue weighted by atomic mass is 10.1. The second-order valence-electron chi connectivity index (χ2n) is 3.46. The monoisotopic (exact) mass is 187 g/mol. The van der Waals surface area contributed by atoms with E-state index in [2.05, 4.69) is 4.40 Å². The van der Waals surface area contributed by atoms with Crippen molar-refractivity contribution in [2.24, 2.45) is 0 Å². The Labute approximate surface area is 80.6 Å². The number of carbonyl (C=O) groups excluding carboxylic acids is 1. The summed E-state index contributed by atoms with van der Waals surface area (Å²) in [6, 6.07) is 6.03. The van der Waals surface area contributed by atoms with Crippen molar-refractivity contribution in [1.82, 2.24) is 4.40 Å². The van der Waals surface area contributed by atoms with Gasteiger partial charge in [0.05, 0.1) is 23.7 Å². The van der Waals surface area contributed by atoms with E-state index in [4.69, 9.17) is 4.74 Å². The van der Waals surface area contributed by atoms with Crippen LogP contribution in [0.2, 0.25) is 0 Å². The Bertz CT molecular complexity index is 578. The molecule has 14 heavy (non-hydrogen) atoms. The molecule has 0 radical (unpaired) electrons. The van der Waals surface area contributed by atoms with Gasteiger partial charge in [0, 0.05) is 11.1 Å². The molecule has 4 aromatic rings. The first-order chi connectivity index (χ1) is 6.75. The summed E-state index contributed by atoms with van der Waals surface area (Å²) in [5, 5.41) is 1.05. The van der Waals surface area contributed by atoms with Crippen molar-refractivity contribution in [2.45, 2.75) is 6.92 Å². The summed E-state index contributed by atoms with van der Waals surface area (Å²) in [5.74, 6) is -0.240. The first-order valence-electron chi connectivity index (χ1n) is 4.48. The molecule has 0 aliphatic rings. The van der Waals surface area contributed by atoms with E-state index in [1.54, 1.807) is 0 Å². The molecule has 0 unspecified atom stereocenters. The third-order valence-electron chi connectivity index (χ3n) is 2.84. The predicted molar refractivity (Wildman–Crippen MR) is 53.4 cm³/mol. The average Bonchev–Trinajstić information content (AvgIpc) is 2.69. The molecule has 0 aromatic carbocycles. The third-order valence-corrected chi connectivity index (χ3v) is 2.84. The fourth-order valence-electron chi connectivity index (χ4n) is 2.24. The molecule has 4 heterocycles. The van der Waals surface area contributed by atoms with Crippen LogP contribution in [0.5, 0.6) is 0 Å². The van der Waals surface area contributed by atoms with Gasteiger partial charge in [0.15, 0.2) is 0 Å². The first-order valence-corrected chi connectivity index (χ1v) is 4.48. The quantitative estimate of drug-likeness (QED) is 0.546.